The highest BCUT2D eigenvalue weighted by atomic mass is 32.2. The molecule has 23 heavy (non-hydrogen) atoms. The van der Waals surface area contributed by atoms with Gasteiger partial charge in [0.15, 0.2) is 5.78 Å². The summed E-state index contributed by atoms with van der Waals surface area (Å²) < 4.78 is 0. The first-order chi connectivity index (χ1) is 10.9. The molecule has 120 valence electrons. The van der Waals surface area contributed by atoms with Crippen molar-refractivity contribution in [2.24, 2.45) is 0 Å². The fourth-order valence-electron chi connectivity index (χ4n) is 2.08. The fraction of sp³-hybridized carbons (Fsp3) is 0.263. The maximum atomic E-state index is 12.3. The Morgan fingerprint density at radius 1 is 1.00 bits per heavy atom. The predicted molar refractivity (Wildman–Crippen MR) is 96.3 cm³/mol. The first-order valence-corrected chi connectivity index (χ1v) is 8.40. The Balaban J connectivity index is 1.99. The van der Waals surface area contributed by atoms with Crippen LogP contribution in [0.2, 0.25) is 0 Å². The van der Waals surface area contributed by atoms with E-state index < -0.39 is 0 Å². The van der Waals surface area contributed by atoms with Crippen LogP contribution >= 0.6 is 11.8 Å². The van der Waals surface area contributed by atoms with Gasteiger partial charge in [0.05, 0.1) is 5.25 Å². The van der Waals surface area contributed by atoms with Gasteiger partial charge in [0.2, 0.25) is 5.91 Å². The zero-order valence-electron chi connectivity index (χ0n) is 13.8. The van der Waals surface area contributed by atoms with E-state index in [4.69, 9.17) is 0 Å². The van der Waals surface area contributed by atoms with Crippen molar-refractivity contribution in [3.63, 3.8) is 0 Å². The summed E-state index contributed by atoms with van der Waals surface area (Å²) in [6.07, 6.45) is 0. The van der Waals surface area contributed by atoms with Crippen molar-refractivity contribution in [3.05, 3.63) is 59.2 Å². The van der Waals surface area contributed by atoms with E-state index in [1.165, 1.54) is 29.8 Å². The van der Waals surface area contributed by atoms with Crippen molar-refractivity contribution in [1.82, 2.24) is 0 Å². The molecule has 0 unspecified atom stereocenters. The standard InChI is InChI=1S/C19H21NO2S/c1-12-5-10-18(11-13(12)2)23-15(4)19(22)20-17-8-6-16(7-9-17)14(3)21/h5-11,15H,1-4H3,(H,20,22)/t15-/m1/s1. The van der Waals surface area contributed by atoms with E-state index >= 15 is 0 Å². The van der Waals surface area contributed by atoms with E-state index in [2.05, 4.69) is 31.3 Å². The van der Waals surface area contributed by atoms with Crippen LogP contribution in [0.1, 0.15) is 35.3 Å². The Bertz CT molecular complexity index is 723. The van der Waals surface area contributed by atoms with Crippen molar-refractivity contribution in [1.29, 1.82) is 0 Å². The van der Waals surface area contributed by atoms with Gasteiger partial charge in [0, 0.05) is 16.1 Å². The fourth-order valence-corrected chi connectivity index (χ4v) is 3.04. The molecule has 0 aliphatic carbocycles. The summed E-state index contributed by atoms with van der Waals surface area (Å²) in [5.41, 5.74) is 3.81. The minimum Gasteiger partial charge on any atom is -0.325 e. The van der Waals surface area contributed by atoms with Crippen molar-refractivity contribution >= 4 is 29.1 Å². The van der Waals surface area contributed by atoms with E-state index in [1.807, 2.05) is 13.0 Å². The molecular formula is C19H21NO2S. The third kappa shape index (κ3) is 4.70. The number of benzene rings is 2. The Labute approximate surface area is 141 Å². The van der Waals surface area contributed by atoms with Gasteiger partial charge in [-0.1, -0.05) is 6.07 Å². The normalized spacial score (nSPS) is 11.8. The number of hydrogen-bond acceptors (Lipinski definition) is 3. The number of carbonyl (C=O) groups excluding carboxylic acids is 2. The Kier molecular flexibility index (Phi) is 5.61. The molecule has 0 spiro atoms. The summed E-state index contributed by atoms with van der Waals surface area (Å²) in [6.45, 7) is 7.56. The summed E-state index contributed by atoms with van der Waals surface area (Å²) in [6, 6.07) is 13.2. The zero-order chi connectivity index (χ0) is 17.0. The molecule has 0 aliphatic heterocycles. The van der Waals surface area contributed by atoms with Crippen LogP contribution in [0.25, 0.3) is 0 Å². The quantitative estimate of drug-likeness (QED) is 0.643. The molecule has 0 fully saturated rings. The summed E-state index contributed by atoms with van der Waals surface area (Å²) in [5.74, 6) is -0.0367. The van der Waals surface area contributed by atoms with Crippen LogP contribution in [0.3, 0.4) is 0 Å². The highest BCUT2D eigenvalue weighted by Crippen LogP contribution is 2.26. The van der Waals surface area contributed by atoms with Gasteiger partial charge in [-0.25, -0.2) is 0 Å². The van der Waals surface area contributed by atoms with Crippen LogP contribution in [-0.2, 0) is 4.79 Å². The number of nitrogens with one attached hydrogen (secondary N) is 1. The van der Waals surface area contributed by atoms with E-state index in [-0.39, 0.29) is 16.9 Å². The minimum atomic E-state index is -0.204. The molecule has 0 saturated carbocycles. The molecule has 0 aliphatic rings. The lowest BCUT2D eigenvalue weighted by atomic mass is 10.1. The van der Waals surface area contributed by atoms with Crippen LogP contribution in [-0.4, -0.2) is 16.9 Å². The highest BCUT2D eigenvalue weighted by molar-refractivity contribution is 8.00. The van der Waals surface area contributed by atoms with E-state index in [1.54, 1.807) is 24.3 Å². The van der Waals surface area contributed by atoms with E-state index in [0.29, 0.717) is 11.3 Å². The van der Waals surface area contributed by atoms with Gasteiger partial charge in [0.1, 0.15) is 0 Å². The summed E-state index contributed by atoms with van der Waals surface area (Å²) in [5, 5.41) is 2.68. The van der Waals surface area contributed by atoms with Crippen molar-refractivity contribution < 1.29 is 9.59 Å². The number of amides is 1. The van der Waals surface area contributed by atoms with Gasteiger partial charge >= 0.3 is 0 Å². The smallest absolute Gasteiger partial charge is 0.237 e. The summed E-state index contributed by atoms with van der Waals surface area (Å²) >= 11 is 1.54. The summed E-state index contributed by atoms with van der Waals surface area (Å²) in [4.78, 5) is 24.6. The number of carbonyl (C=O) groups is 2. The second-order valence-corrected chi connectivity index (χ2v) is 7.04. The van der Waals surface area contributed by atoms with Gasteiger partial charge in [-0.2, -0.15) is 0 Å². The second kappa shape index (κ2) is 7.47. The maximum Gasteiger partial charge on any atom is 0.237 e. The second-order valence-electron chi connectivity index (χ2n) is 5.63. The third-order valence-corrected chi connectivity index (χ3v) is 4.81. The number of hydrogen-bond donors (Lipinski definition) is 1. The minimum absolute atomic E-state index is 0.0153. The van der Waals surface area contributed by atoms with Crippen LogP contribution in [0.4, 0.5) is 5.69 Å². The molecule has 1 atom stereocenters. The Morgan fingerprint density at radius 3 is 2.22 bits per heavy atom. The molecule has 0 saturated heterocycles. The largest absolute Gasteiger partial charge is 0.325 e. The van der Waals surface area contributed by atoms with Crippen molar-refractivity contribution in [3.8, 4) is 0 Å². The van der Waals surface area contributed by atoms with Crippen molar-refractivity contribution in [2.75, 3.05) is 5.32 Å². The van der Waals surface area contributed by atoms with E-state index in [9.17, 15) is 9.59 Å². The molecule has 2 aromatic rings. The van der Waals surface area contributed by atoms with E-state index in [0.717, 1.165) is 4.90 Å². The van der Waals surface area contributed by atoms with Crippen LogP contribution in [0.15, 0.2) is 47.4 Å². The molecule has 0 radical (unpaired) electrons. The molecule has 4 heteroatoms. The molecule has 2 aromatic carbocycles. The van der Waals surface area contributed by atoms with Gasteiger partial charge in [-0.05, 0) is 75.2 Å². The third-order valence-electron chi connectivity index (χ3n) is 3.72. The zero-order valence-corrected chi connectivity index (χ0v) is 14.7. The maximum absolute atomic E-state index is 12.3. The van der Waals surface area contributed by atoms with Gasteiger partial charge in [0.25, 0.3) is 0 Å². The monoisotopic (exact) mass is 327 g/mol. The van der Waals surface area contributed by atoms with Gasteiger partial charge in [-0.15, -0.1) is 11.8 Å². The summed E-state index contributed by atoms with van der Waals surface area (Å²) in [7, 11) is 0. The molecule has 0 bridgehead atoms. The first-order valence-electron chi connectivity index (χ1n) is 7.52. The number of ketones is 1. The lowest BCUT2D eigenvalue weighted by Crippen LogP contribution is -2.22. The van der Waals surface area contributed by atoms with Gasteiger partial charge < -0.3 is 5.32 Å². The highest BCUT2D eigenvalue weighted by Gasteiger charge is 2.15. The average Bonchev–Trinajstić information content (AvgIpc) is 2.51. The number of Topliss-reactive ketones (excluding diaryl/α,β-unsaturated/α-hetero) is 1. The number of thioether (sulfide) groups is 1. The Morgan fingerprint density at radius 2 is 1.65 bits per heavy atom. The molecule has 0 heterocycles. The van der Waals surface area contributed by atoms with Crippen LogP contribution in [0.5, 0.6) is 0 Å². The predicted octanol–water partition coefficient (Wildman–Crippen LogP) is 4.63. The Hall–Kier alpha value is -2.07. The number of anilines is 1. The lowest BCUT2D eigenvalue weighted by Gasteiger charge is -2.13. The van der Waals surface area contributed by atoms with Crippen molar-refractivity contribution in [2.45, 2.75) is 37.8 Å². The SMILES string of the molecule is CC(=O)c1ccc(NC(=O)[C@@H](C)Sc2ccc(C)c(C)c2)cc1. The topological polar surface area (TPSA) is 46.2 Å². The molecule has 2 rings (SSSR count). The number of aryl methyl sites for hydroxylation is 2. The average molecular weight is 327 g/mol. The lowest BCUT2D eigenvalue weighted by molar-refractivity contribution is -0.115. The van der Waals surface area contributed by atoms with Gasteiger partial charge in [-0.3, -0.25) is 9.59 Å². The first kappa shape index (κ1) is 17.3. The molecular weight excluding hydrogens is 306 g/mol. The van der Waals surface area contributed by atoms with Crippen LogP contribution < -0.4 is 5.32 Å². The number of rotatable bonds is 5. The molecule has 1 amide bonds. The molecule has 1 N–H and O–H groups in total. The van der Waals surface area contributed by atoms with Crippen LogP contribution in [0, 0.1) is 13.8 Å². The molecule has 0 aromatic heterocycles. The molecule has 3 nitrogen and oxygen atoms in total.